The van der Waals surface area contributed by atoms with Crippen molar-refractivity contribution in [2.24, 2.45) is 0 Å². The van der Waals surface area contributed by atoms with Gasteiger partial charge in [0.05, 0.1) is 13.2 Å². The number of rotatable bonds is 1. The van der Waals surface area contributed by atoms with E-state index in [2.05, 4.69) is 4.98 Å². The van der Waals surface area contributed by atoms with Crippen LogP contribution in [-0.2, 0) is 0 Å². The summed E-state index contributed by atoms with van der Waals surface area (Å²) in [5.74, 6) is 0.792. The molecule has 0 bridgehead atoms. The zero-order chi connectivity index (χ0) is 6.69. The lowest BCUT2D eigenvalue weighted by Crippen LogP contribution is -2.05. The molecule has 0 fully saturated rings. The van der Waals surface area contributed by atoms with Gasteiger partial charge < -0.3 is 4.74 Å². The lowest BCUT2D eigenvalue weighted by Gasteiger charge is -1.89. The van der Waals surface area contributed by atoms with Crippen molar-refractivity contribution in [3.8, 4) is 5.88 Å². The number of H-pyrrole nitrogens is 1. The van der Waals surface area contributed by atoms with Crippen LogP contribution in [0.25, 0.3) is 0 Å². The largest absolute Gasteiger partial charge is 0.448 e. The van der Waals surface area contributed by atoms with Crippen LogP contribution in [0.1, 0.15) is 5.56 Å². The summed E-state index contributed by atoms with van der Waals surface area (Å²) in [5, 5.41) is 0. The van der Waals surface area contributed by atoms with E-state index < -0.39 is 0 Å². The van der Waals surface area contributed by atoms with Gasteiger partial charge in [0.15, 0.2) is 6.20 Å². The van der Waals surface area contributed by atoms with Gasteiger partial charge in [-0.25, -0.2) is 0 Å². The van der Waals surface area contributed by atoms with Gasteiger partial charge in [-0.1, -0.05) is 0 Å². The molecule has 1 rings (SSSR count). The minimum absolute atomic E-state index is 0.792. The Morgan fingerprint density at radius 3 is 2.67 bits per heavy atom. The average Bonchev–Trinajstić information content (AvgIpc) is 1.90. The lowest BCUT2D eigenvalue weighted by molar-refractivity contribution is -0.393. The van der Waals surface area contributed by atoms with Gasteiger partial charge in [-0.3, -0.25) is 0 Å². The Balaban J connectivity index is 2.88. The number of aryl methyl sites for hydroxylation is 1. The first kappa shape index (κ1) is 6.08. The molecule has 0 aliphatic heterocycles. The SMILES string of the molecule is COc1ccc(C)c[nH+]1. The Morgan fingerprint density at radius 2 is 2.22 bits per heavy atom. The van der Waals surface area contributed by atoms with Gasteiger partial charge in [-0.05, 0) is 13.0 Å². The smallest absolute Gasteiger partial charge is 0.365 e. The predicted molar refractivity (Wildman–Crippen MR) is 34.3 cm³/mol. The molecule has 0 spiro atoms. The first-order valence-electron chi connectivity index (χ1n) is 2.85. The van der Waals surface area contributed by atoms with Gasteiger partial charge >= 0.3 is 5.88 Å². The highest BCUT2D eigenvalue weighted by Gasteiger charge is 1.95. The quantitative estimate of drug-likeness (QED) is 0.543. The van der Waals surface area contributed by atoms with E-state index in [1.165, 1.54) is 5.56 Å². The van der Waals surface area contributed by atoms with Crippen LogP contribution >= 0.6 is 0 Å². The number of hydrogen-bond acceptors (Lipinski definition) is 1. The fourth-order valence-electron chi connectivity index (χ4n) is 0.615. The summed E-state index contributed by atoms with van der Waals surface area (Å²) >= 11 is 0. The molecule has 0 saturated carbocycles. The Labute approximate surface area is 54.5 Å². The summed E-state index contributed by atoms with van der Waals surface area (Å²) in [7, 11) is 1.64. The number of aromatic nitrogens is 1. The minimum atomic E-state index is 0.792. The maximum Gasteiger partial charge on any atom is 0.365 e. The molecule has 48 valence electrons. The van der Waals surface area contributed by atoms with Crippen molar-refractivity contribution in [2.75, 3.05) is 7.11 Å². The summed E-state index contributed by atoms with van der Waals surface area (Å²) in [6.07, 6.45) is 1.90. The molecule has 0 aliphatic rings. The van der Waals surface area contributed by atoms with Crippen LogP contribution in [0, 0.1) is 6.92 Å². The Morgan fingerprint density at radius 1 is 1.44 bits per heavy atom. The van der Waals surface area contributed by atoms with Gasteiger partial charge in [0.25, 0.3) is 0 Å². The summed E-state index contributed by atoms with van der Waals surface area (Å²) < 4.78 is 4.91. The highest BCUT2D eigenvalue weighted by atomic mass is 16.5. The van der Waals surface area contributed by atoms with Crippen molar-refractivity contribution in [2.45, 2.75) is 6.92 Å². The van der Waals surface area contributed by atoms with E-state index in [-0.39, 0.29) is 0 Å². The van der Waals surface area contributed by atoms with Crippen LogP contribution < -0.4 is 9.72 Å². The molecule has 1 aromatic rings. The van der Waals surface area contributed by atoms with Crippen molar-refractivity contribution in [1.82, 2.24) is 0 Å². The van der Waals surface area contributed by atoms with E-state index >= 15 is 0 Å². The molecule has 1 heterocycles. The van der Waals surface area contributed by atoms with Crippen LogP contribution in [0.2, 0.25) is 0 Å². The van der Waals surface area contributed by atoms with Crippen molar-refractivity contribution in [3.63, 3.8) is 0 Å². The average molecular weight is 124 g/mol. The van der Waals surface area contributed by atoms with Crippen LogP contribution in [0.3, 0.4) is 0 Å². The molecule has 1 aromatic heterocycles. The third kappa shape index (κ3) is 1.42. The highest BCUT2D eigenvalue weighted by Crippen LogP contribution is 1.99. The molecular formula is C7H10NO+. The van der Waals surface area contributed by atoms with Crippen LogP contribution in [0.15, 0.2) is 18.3 Å². The van der Waals surface area contributed by atoms with E-state index in [0.717, 1.165) is 5.88 Å². The molecule has 0 aliphatic carbocycles. The summed E-state index contributed by atoms with van der Waals surface area (Å²) in [5.41, 5.74) is 1.20. The maximum absolute atomic E-state index is 4.91. The molecule has 2 heteroatoms. The first-order chi connectivity index (χ1) is 4.33. The highest BCUT2D eigenvalue weighted by molar-refractivity contribution is 5.09. The predicted octanol–water partition coefficient (Wildman–Crippen LogP) is 0.818. The lowest BCUT2D eigenvalue weighted by atomic mass is 10.3. The number of aromatic amines is 1. The molecule has 9 heavy (non-hydrogen) atoms. The second-order valence-electron chi connectivity index (χ2n) is 1.93. The zero-order valence-electron chi connectivity index (χ0n) is 5.64. The van der Waals surface area contributed by atoms with Gasteiger partial charge in [0.1, 0.15) is 0 Å². The third-order valence-electron chi connectivity index (χ3n) is 1.16. The Bertz CT molecular complexity index is 181. The topological polar surface area (TPSA) is 23.4 Å². The number of methoxy groups -OCH3 is 1. The van der Waals surface area contributed by atoms with Crippen molar-refractivity contribution in [3.05, 3.63) is 23.9 Å². The number of pyridine rings is 1. The Kier molecular flexibility index (Phi) is 1.68. The maximum atomic E-state index is 4.91. The van der Waals surface area contributed by atoms with Crippen molar-refractivity contribution >= 4 is 0 Å². The van der Waals surface area contributed by atoms with Gasteiger partial charge in [-0.2, -0.15) is 4.98 Å². The monoisotopic (exact) mass is 124 g/mol. The standard InChI is InChI=1S/C7H9NO/c1-6-3-4-7(9-2)8-5-6/h3-5H,1-2H3/p+1. The first-order valence-corrected chi connectivity index (χ1v) is 2.85. The summed E-state index contributed by atoms with van der Waals surface area (Å²) in [6, 6.07) is 3.89. The third-order valence-corrected chi connectivity index (χ3v) is 1.16. The normalized spacial score (nSPS) is 9.11. The van der Waals surface area contributed by atoms with E-state index in [0.29, 0.717) is 0 Å². The molecule has 2 nitrogen and oxygen atoms in total. The van der Waals surface area contributed by atoms with E-state index in [1.54, 1.807) is 7.11 Å². The number of ether oxygens (including phenoxy) is 1. The van der Waals surface area contributed by atoms with Gasteiger partial charge in [0.2, 0.25) is 0 Å². The molecule has 0 radical (unpaired) electrons. The second kappa shape index (κ2) is 2.49. The van der Waals surface area contributed by atoms with Crippen LogP contribution in [0.5, 0.6) is 5.88 Å². The molecule has 1 N–H and O–H groups in total. The molecule has 0 aromatic carbocycles. The summed E-state index contributed by atoms with van der Waals surface area (Å²) in [6.45, 7) is 2.02. The molecule has 0 unspecified atom stereocenters. The number of nitrogens with one attached hydrogen (secondary N) is 1. The van der Waals surface area contributed by atoms with Crippen molar-refractivity contribution < 1.29 is 9.72 Å². The molecule has 0 atom stereocenters. The van der Waals surface area contributed by atoms with E-state index in [1.807, 2.05) is 25.3 Å². The van der Waals surface area contributed by atoms with Crippen LogP contribution in [-0.4, -0.2) is 7.11 Å². The molecular weight excluding hydrogens is 114 g/mol. The summed E-state index contributed by atoms with van der Waals surface area (Å²) in [4.78, 5) is 2.96. The Hall–Kier alpha value is -1.05. The minimum Gasteiger partial charge on any atom is -0.448 e. The second-order valence-corrected chi connectivity index (χ2v) is 1.93. The van der Waals surface area contributed by atoms with Gasteiger partial charge in [0, 0.05) is 5.56 Å². The van der Waals surface area contributed by atoms with Crippen LogP contribution in [0.4, 0.5) is 0 Å². The fraction of sp³-hybridized carbons (Fsp3) is 0.286. The zero-order valence-corrected chi connectivity index (χ0v) is 5.64. The molecule has 0 saturated heterocycles. The van der Waals surface area contributed by atoms with E-state index in [4.69, 9.17) is 4.74 Å². The van der Waals surface area contributed by atoms with E-state index in [9.17, 15) is 0 Å². The fourth-order valence-corrected chi connectivity index (χ4v) is 0.615. The molecule has 0 amide bonds. The van der Waals surface area contributed by atoms with Gasteiger partial charge in [-0.15, -0.1) is 0 Å². The van der Waals surface area contributed by atoms with Crippen molar-refractivity contribution in [1.29, 1.82) is 0 Å². The number of hydrogen-bond donors (Lipinski definition) is 0.